The molecule has 3 heterocycles. The van der Waals surface area contributed by atoms with E-state index in [4.69, 9.17) is 16.3 Å². The van der Waals surface area contributed by atoms with Gasteiger partial charge in [-0.3, -0.25) is 9.78 Å². The number of hydrogen-bond acceptors (Lipinski definition) is 4. The maximum Gasteiger partial charge on any atom is 0.264 e. The van der Waals surface area contributed by atoms with Gasteiger partial charge in [0.15, 0.2) is 6.10 Å². The number of piperazine rings is 1. The van der Waals surface area contributed by atoms with Gasteiger partial charge in [-0.05, 0) is 30.7 Å². The van der Waals surface area contributed by atoms with Crippen LogP contribution < -0.4 is 10.1 Å². The summed E-state index contributed by atoms with van der Waals surface area (Å²) in [6, 6.07) is 6.15. The minimum atomic E-state index is -0.483. The molecule has 0 bridgehead atoms. The van der Waals surface area contributed by atoms with E-state index in [2.05, 4.69) is 29.4 Å². The number of halogens is 1. The largest absolute Gasteiger partial charge is 0.479 e. The number of fused-ring (bicyclic) bond motifs is 2. The van der Waals surface area contributed by atoms with Gasteiger partial charge in [0.25, 0.3) is 5.91 Å². The fraction of sp³-hybridized carbons (Fsp3) is 0.364. The van der Waals surface area contributed by atoms with Crippen LogP contribution in [0.5, 0.6) is 5.75 Å². The number of pyridine rings is 1. The zero-order valence-electron chi connectivity index (χ0n) is 15.7. The molecule has 2 aromatic rings. The summed E-state index contributed by atoms with van der Waals surface area (Å²) in [6.45, 7) is 4.35. The molecule has 1 amide bonds. The Hall–Kier alpha value is -2.37. The van der Waals surface area contributed by atoms with Crippen LogP contribution >= 0.6 is 11.6 Å². The molecule has 28 heavy (non-hydrogen) atoms. The minimum Gasteiger partial charge on any atom is -0.479 e. The predicted molar refractivity (Wildman–Crippen MR) is 110 cm³/mol. The van der Waals surface area contributed by atoms with Gasteiger partial charge < -0.3 is 15.0 Å². The summed E-state index contributed by atoms with van der Waals surface area (Å²) in [7, 11) is 0. The van der Waals surface area contributed by atoms with Crippen LogP contribution in [-0.2, 0) is 17.6 Å². The number of benzene rings is 1. The Kier molecular flexibility index (Phi) is 4.37. The second-order valence-corrected chi connectivity index (χ2v) is 8.15. The van der Waals surface area contributed by atoms with Crippen molar-refractivity contribution >= 4 is 23.6 Å². The number of carbonyl (C=O) groups is 1. The summed E-state index contributed by atoms with van der Waals surface area (Å²) < 4.78 is 6.24. The van der Waals surface area contributed by atoms with Gasteiger partial charge in [0.1, 0.15) is 5.75 Å². The number of carbonyl (C=O) groups excluding carboxylic acids is 1. The van der Waals surface area contributed by atoms with Crippen LogP contribution in [0.2, 0.25) is 5.02 Å². The molecule has 1 saturated heterocycles. The molecule has 1 unspecified atom stereocenters. The highest BCUT2D eigenvalue weighted by atomic mass is 35.5. The highest BCUT2D eigenvalue weighted by Gasteiger charge is 2.36. The van der Waals surface area contributed by atoms with E-state index < -0.39 is 6.10 Å². The lowest BCUT2D eigenvalue weighted by Crippen LogP contribution is -2.54. The summed E-state index contributed by atoms with van der Waals surface area (Å²) in [5, 5.41) is 4.03. The first-order chi connectivity index (χ1) is 13.6. The summed E-state index contributed by atoms with van der Waals surface area (Å²) in [4.78, 5) is 19.4. The van der Waals surface area contributed by atoms with Gasteiger partial charge in [0, 0.05) is 66.4 Å². The molecule has 1 N–H and O–H groups in total. The van der Waals surface area contributed by atoms with Gasteiger partial charge in [0.2, 0.25) is 0 Å². The van der Waals surface area contributed by atoms with Crippen LogP contribution in [0, 0.1) is 0 Å². The molecule has 0 spiro atoms. The van der Waals surface area contributed by atoms with Gasteiger partial charge in [-0.2, -0.15) is 0 Å². The molecule has 1 aliphatic carbocycles. The Morgan fingerprint density at radius 3 is 3.11 bits per heavy atom. The topological polar surface area (TPSA) is 54.5 Å². The molecule has 144 valence electrons. The molecule has 2 atom stereocenters. The molecular formula is C22H22ClN3O2. The maximum atomic E-state index is 13.1. The Balaban J connectivity index is 1.49. The first-order valence-corrected chi connectivity index (χ1v) is 10.1. The van der Waals surface area contributed by atoms with E-state index in [1.54, 1.807) is 0 Å². The van der Waals surface area contributed by atoms with E-state index in [0.29, 0.717) is 24.0 Å². The third-order valence-corrected chi connectivity index (χ3v) is 5.93. The second kappa shape index (κ2) is 6.90. The summed E-state index contributed by atoms with van der Waals surface area (Å²) in [6.07, 6.45) is 6.96. The maximum absolute atomic E-state index is 13.1. The molecule has 0 saturated carbocycles. The zero-order valence-corrected chi connectivity index (χ0v) is 16.5. The Morgan fingerprint density at radius 1 is 1.36 bits per heavy atom. The number of nitrogens with zero attached hydrogens (tertiary/aromatic N) is 2. The van der Waals surface area contributed by atoms with E-state index in [9.17, 15) is 4.79 Å². The van der Waals surface area contributed by atoms with Crippen LogP contribution in [0.25, 0.3) is 17.2 Å². The van der Waals surface area contributed by atoms with Crippen molar-refractivity contribution in [2.24, 2.45) is 0 Å². The lowest BCUT2D eigenvalue weighted by molar-refractivity contribution is -0.139. The van der Waals surface area contributed by atoms with Gasteiger partial charge in [-0.1, -0.05) is 23.8 Å². The number of ether oxygens (including phenoxy) is 1. The first-order valence-electron chi connectivity index (χ1n) is 9.76. The van der Waals surface area contributed by atoms with Gasteiger partial charge in [-0.25, -0.2) is 0 Å². The average molecular weight is 396 g/mol. The molecule has 6 heteroatoms. The molecule has 1 aromatic heterocycles. The van der Waals surface area contributed by atoms with Gasteiger partial charge in [-0.15, -0.1) is 0 Å². The third kappa shape index (κ3) is 2.99. The van der Waals surface area contributed by atoms with Crippen molar-refractivity contribution in [3.05, 3.63) is 52.3 Å². The number of allylic oxidation sites excluding steroid dienone is 1. The molecular weight excluding hydrogens is 374 g/mol. The molecule has 3 aliphatic rings. The quantitative estimate of drug-likeness (QED) is 0.849. The summed E-state index contributed by atoms with van der Waals surface area (Å²) >= 11 is 6.43. The van der Waals surface area contributed by atoms with Crippen molar-refractivity contribution in [3.63, 3.8) is 0 Å². The van der Waals surface area contributed by atoms with E-state index in [1.165, 1.54) is 0 Å². The SMILES string of the molecule is C[C@@H]1CN(C(=O)C2Cc3cc(Cl)cc(-c4ccnc5c4C=CC5)c3O2)CCN1. The number of hydrogen-bond donors (Lipinski definition) is 1. The standard InChI is InChI=1S/C22H22ClN3O2/c1-13-12-26(8-7-24-13)22(27)20-10-14-9-15(23)11-18(21(14)28-20)16-5-6-25-19-4-2-3-17(16)19/h2-3,5-6,9,11,13,20,24H,4,7-8,10,12H2,1H3/t13-,20?/m1/s1. The smallest absolute Gasteiger partial charge is 0.264 e. The lowest BCUT2D eigenvalue weighted by Gasteiger charge is -2.33. The lowest BCUT2D eigenvalue weighted by atomic mass is 9.97. The Morgan fingerprint density at radius 2 is 2.25 bits per heavy atom. The van der Waals surface area contributed by atoms with Crippen LogP contribution in [0.3, 0.4) is 0 Å². The Labute approximate surface area is 169 Å². The molecule has 1 aromatic carbocycles. The van der Waals surface area contributed by atoms with Crippen LogP contribution in [-0.4, -0.2) is 47.6 Å². The zero-order chi connectivity index (χ0) is 19.3. The van der Waals surface area contributed by atoms with Gasteiger partial charge >= 0.3 is 0 Å². The predicted octanol–water partition coefficient (Wildman–Crippen LogP) is 3.10. The molecule has 0 radical (unpaired) electrons. The highest BCUT2D eigenvalue weighted by Crippen LogP contribution is 2.43. The van der Waals surface area contributed by atoms with Crippen molar-refractivity contribution in [1.29, 1.82) is 0 Å². The summed E-state index contributed by atoms with van der Waals surface area (Å²) in [5.74, 6) is 0.839. The third-order valence-electron chi connectivity index (χ3n) is 5.71. The highest BCUT2D eigenvalue weighted by molar-refractivity contribution is 6.31. The normalized spacial score (nSPS) is 22.7. The van der Waals surface area contributed by atoms with E-state index in [1.807, 2.05) is 29.3 Å². The van der Waals surface area contributed by atoms with E-state index >= 15 is 0 Å². The van der Waals surface area contributed by atoms with Crippen LogP contribution in [0.1, 0.15) is 23.7 Å². The summed E-state index contributed by atoms with van der Waals surface area (Å²) in [5.41, 5.74) is 5.17. The molecule has 5 rings (SSSR count). The number of aromatic nitrogens is 1. The minimum absolute atomic E-state index is 0.0616. The van der Waals surface area contributed by atoms with E-state index in [-0.39, 0.29) is 5.91 Å². The van der Waals surface area contributed by atoms with Crippen LogP contribution in [0.15, 0.2) is 30.5 Å². The number of amides is 1. The molecule has 2 aliphatic heterocycles. The number of rotatable bonds is 2. The van der Waals surface area contributed by atoms with Crippen molar-refractivity contribution in [1.82, 2.24) is 15.2 Å². The van der Waals surface area contributed by atoms with Crippen molar-refractivity contribution < 1.29 is 9.53 Å². The fourth-order valence-electron chi connectivity index (χ4n) is 4.39. The van der Waals surface area contributed by atoms with Crippen LogP contribution in [0.4, 0.5) is 0 Å². The van der Waals surface area contributed by atoms with Crippen molar-refractivity contribution in [2.75, 3.05) is 19.6 Å². The molecule has 1 fully saturated rings. The molecule has 5 nitrogen and oxygen atoms in total. The van der Waals surface area contributed by atoms with E-state index in [0.717, 1.165) is 53.2 Å². The average Bonchev–Trinajstić information content (AvgIpc) is 3.33. The first kappa shape index (κ1) is 17.7. The van der Waals surface area contributed by atoms with Gasteiger partial charge in [0.05, 0.1) is 5.69 Å². The number of nitrogens with one attached hydrogen (secondary N) is 1. The van der Waals surface area contributed by atoms with Crippen molar-refractivity contribution in [3.8, 4) is 16.9 Å². The fourth-order valence-corrected chi connectivity index (χ4v) is 4.63. The Bertz CT molecular complexity index is 988. The second-order valence-electron chi connectivity index (χ2n) is 7.72. The monoisotopic (exact) mass is 395 g/mol. The van der Waals surface area contributed by atoms with Crippen molar-refractivity contribution in [2.45, 2.75) is 31.9 Å².